The molecule has 7 atom stereocenters. The van der Waals surface area contributed by atoms with Gasteiger partial charge >= 0.3 is 12.0 Å². The second-order valence-electron chi connectivity index (χ2n) is 17.0. The first kappa shape index (κ1) is 43.0. The van der Waals surface area contributed by atoms with E-state index in [1.54, 1.807) is 32.9 Å². The zero-order chi connectivity index (χ0) is 42.7. The number of carboxylic acid groups (broad SMARTS) is 1. The Hall–Kier alpha value is -4.61. The predicted molar refractivity (Wildman–Crippen MR) is 206 cm³/mol. The van der Waals surface area contributed by atoms with Crippen LogP contribution in [0.4, 0.5) is 18.0 Å². The number of ether oxygens (including phenoxy) is 2. The van der Waals surface area contributed by atoms with Crippen LogP contribution < -0.4 is 19.5 Å². The zero-order valence-corrected chi connectivity index (χ0v) is 34.5. The van der Waals surface area contributed by atoms with Gasteiger partial charge in [-0.25, -0.2) is 22.6 Å². The minimum absolute atomic E-state index is 0.0124. The molecular formula is C40H52F3N5O9S. The van der Waals surface area contributed by atoms with Crippen LogP contribution in [0, 0.1) is 23.6 Å². The summed E-state index contributed by atoms with van der Waals surface area (Å²) in [5.74, 6) is -10.9. The van der Waals surface area contributed by atoms with E-state index in [1.807, 2.05) is 6.92 Å². The van der Waals surface area contributed by atoms with Crippen molar-refractivity contribution in [1.82, 2.24) is 24.8 Å². The molecule has 2 aliphatic heterocycles. The summed E-state index contributed by atoms with van der Waals surface area (Å²) in [5.41, 5.74) is -4.71. The van der Waals surface area contributed by atoms with Crippen LogP contribution >= 0.6 is 0 Å². The lowest BCUT2D eigenvalue weighted by Gasteiger charge is -2.40. The van der Waals surface area contributed by atoms with Crippen molar-refractivity contribution in [3.63, 3.8) is 0 Å². The number of carbonyl (C=O) groups is 4. The quantitative estimate of drug-likeness (QED) is 0.277. The number of fused-ring (bicyclic) bond motifs is 3. The van der Waals surface area contributed by atoms with Crippen LogP contribution in [0.15, 0.2) is 36.5 Å². The summed E-state index contributed by atoms with van der Waals surface area (Å²) in [7, 11) is -2.96. The predicted octanol–water partition coefficient (Wildman–Crippen LogP) is 5.40. The van der Waals surface area contributed by atoms with Gasteiger partial charge < -0.3 is 24.8 Å². The zero-order valence-electron chi connectivity index (χ0n) is 33.7. The molecule has 1 saturated heterocycles. The van der Waals surface area contributed by atoms with Crippen LogP contribution in [0.5, 0.6) is 11.6 Å². The van der Waals surface area contributed by atoms with Gasteiger partial charge in [0, 0.05) is 23.5 Å². The van der Waals surface area contributed by atoms with Crippen LogP contribution in [-0.2, 0) is 24.4 Å². The number of allylic oxidation sites excluding steroid dienone is 1. The van der Waals surface area contributed by atoms with E-state index in [0.717, 1.165) is 17.9 Å². The Balaban J connectivity index is 1.49. The number of pyridine rings is 1. The molecule has 1 aromatic heterocycles. The van der Waals surface area contributed by atoms with Gasteiger partial charge in [-0.05, 0) is 102 Å². The topological polar surface area (TPSA) is 185 Å². The molecule has 14 nitrogen and oxygen atoms in total. The minimum atomic E-state index is -4.29. The molecule has 18 heteroatoms. The van der Waals surface area contributed by atoms with Crippen molar-refractivity contribution < 1.29 is 55.3 Å². The lowest BCUT2D eigenvalue weighted by Crippen LogP contribution is -2.63. The normalized spacial score (nSPS) is 31.2. The third-order valence-corrected chi connectivity index (χ3v) is 14.6. The lowest BCUT2D eigenvalue weighted by molar-refractivity contribution is -0.163. The number of alkyl halides is 2. The van der Waals surface area contributed by atoms with Crippen molar-refractivity contribution >= 4 is 44.6 Å². The average molecular weight is 836 g/mol. The molecule has 0 spiro atoms. The summed E-state index contributed by atoms with van der Waals surface area (Å²) in [6.07, 6.45) is 5.44. The Morgan fingerprint density at radius 1 is 1.19 bits per heavy atom. The molecule has 2 saturated carbocycles. The van der Waals surface area contributed by atoms with E-state index in [4.69, 9.17) is 9.47 Å². The summed E-state index contributed by atoms with van der Waals surface area (Å²) in [6, 6.07) is -1.19. The maximum Gasteiger partial charge on any atom is 0.408 e. The number of rotatable bonds is 9. The third-order valence-electron chi connectivity index (χ3n) is 12.5. The fourth-order valence-corrected chi connectivity index (χ4v) is 9.75. The van der Waals surface area contributed by atoms with E-state index in [2.05, 4.69) is 15.0 Å². The molecule has 0 unspecified atom stereocenters. The standard InChI is InChI=1S/C40H52F3N5O9S/c1-8-24-17-23(4)11-9-10-12-26-20-39(26,35(51)46-58(54,55)37(5)14-15-37)45-32(49)31-40(42,43)38(6,21-47(31)34(50)30(24)48(22(2)3)36(52)53)57-33-27-19-28(41)29(56-7)18-25(27)13-16-44-33/h10,12-13,16,18-19,22-24,26,30-31H,8-9,11,14-15,17,20-21H2,1-7H3,(H,45,49)(H,46,51)(H,52,53)/b12-10-/t23-,24+,26+,30-,31-,38+,39+/m0/s1. The van der Waals surface area contributed by atoms with Gasteiger partial charge in [-0.3, -0.25) is 24.0 Å². The van der Waals surface area contributed by atoms with Crippen molar-refractivity contribution in [3.05, 3.63) is 42.4 Å². The number of benzene rings is 1. The van der Waals surface area contributed by atoms with E-state index in [0.29, 0.717) is 42.4 Å². The monoisotopic (exact) mass is 835 g/mol. The fourth-order valence-electron chi connectivity index (χ4n) is 8.44. The first-order valence-corrected chi connectivity index (χ1v) is 21.1. The molecular weight excluding hydrogens is 784 g/mol. The highest BCUT2D eigenvalue weighted by molar-refractivity contribution is 7.91. The Bertz CT molecular complexity index is 2130. The van der Waals surface area contributed by atoms with Crippen LogP contribution in [0.3, 0.4) is 0 Å². The average Bonchev–Trinajstić information content (AvgIpc) is 4.05. The summed E-state index contributed by atoms with van der Waals surface area (Å²) in [6.45, 7) is 8.30. The summed E-state index contributed by atoms with van der Waals surface area (Å²) in [5, 5.41) is 13.3. The summed E-state index contributed by atoms with van der Waals surface area (Å²) >= 11 is 0. The molecule has 3 heterocycles. The van der Waals surface area contributed by atoms with Crippen LogP contribution in [0.2, 0.25) is 0 Å². The largest absolute Gasteiger partial charge is 0.494 e. The number of halogens is 3. The number of nitrogens with zero attached hydrogens (tertiary/aromatic N) is 3. The van der Waals surface area contributed by atoms with Gasteiger partial charge in [-0.2, -0.15) is 8.78 Å². The first-order valence-electron chi connectivity index (χ1n) is 19.6. The van der Waals surface area contributed by atoms with Crippen molar-refractivity contribution in [3.8, 4) is 11.6 Å². The molecule has 6 rings (SSSR count). The Labute approximate surface area is 335 Å². The Morgan fingerprint density at radius 3 is 2.48 bits per heavy atom. The SMILES string of the molecule is CC[C@@H]1C[C@@H](C)CC/C=C\[C@@H]2C[C@@]2(C(=O)NS(=O)(=O)C2(C)CC2)NC(=O)[C@@H]2N(C[C@@](C)(Oc3nccc4cc(OC)c(F)cc34)C2(F)F)C(=O)[C@H]1N(C(=O)O)C(C)C. The van der Waals surface area contributed by atoms with E-state index in [-0.39, 0.29) is 29.9 Å². The maximum absolute atomic E-state index is 17.5. The van der Waals surface area contributed by atoms with Crippen LogP contribution in [0.25, 0.3) is 10.8 Å². The third kappa shape index (κ3) is 7.44. The van der Waals surface area contributed by atoms with Gasteiger partial charge in [-0.1, -0.05) is 32.4 Å². The van der Waals surface area contributed by atoms with Gasteiger partial charge in [0.15, 0.2) is 23.2 Å². The number of methoxy groups -OCH3 is 1. The number of hydrogen-bond acceptors (Lipinski definition) is 9. The van der Waals surface area contributed by atoms with Gasteiger partial charge in [-0.15, -0.1) is 0 Å². The molecule has 2 aromatic rings. The number of nitrogens with one attached hydrogen (secondary N) is 2. The second kappa shape index (κ2) is 15.2. The van der Waals surface area contributed by atoms with Gasteiger partial charge in [0.25, 0.3) is 5.91 Å². The highest BCUT2D eigenvalue weighted by Crippen LogP contribution is 2.50. The van der Waals surface area contributed by atoms with Crippen molar-refractivity contribution in [2.75, 3.05) is 13.7 Å². The second-order valence-corrected chi connectivity index (χ2v) is 19.2. The molecule has 3 N–H and O–H groups in total. The molecule has 4 aliphatic rings. The minimum Gasteiger partial charge on any atom is -0.494 e. The molecule has 0 radical (unpaired) electrons. The van der Waals surface area contributed by atoms with Crippen molar-refractivity contribution in [2.45, 2.75) is 126 Å². The number of carbonyl (C=O) groups excluding carboxylic acids is 3. The number of amides is 4. The summed E-state index contributed by atoms with van der Waals surface area (Å²) < 4.78 is 88.4. The molecule has 2 aliphatic carbocycles. The fraction of sp³-hybridized carbons (Fsp3) is 0.625. The summed E-state index contributed by atoms with van der Waals surface area (Å²) in [4.78, 5) is 62.2. The van der Waals surface area contributed by atoms with Crippen LogP contribution in [0.1, 0.15) is 86.5 Å². The van der Waals surface area contributed by atoms with Gasteiger partial charge in [0.05, 0.1) is 18.4 Å². The lowest BCUT2D eigenvalue weighted by atomic mass is 9.83. The van der Waals surface area contributed by atoms with Crippen molar-refractivity contribution in [1.29, 1.82) is 0 Å². The molecule has 318 valence electrons. The van der Waals surface area contributed by atoms with E-state index >= 15 is 13.6 Å². The number of hydrogen-bond donors (Lipinski definition) is 3. The van der Waals surface area contributed by atoms with E-state index in [1.165, 1.54) is 32.4 Å². The molecule has 58 heavy (non-hydrogen) atoms. The smallest absolute Gasteiger partial charge is 0.408 e. The number of sulfonamides is 1. The maximum atomic E-state index is 17.5. The highest BCUT2D eigenvalue weighted by atomic mass is 32.2. The van der Waals surface area contributed by atoms with Gasteiger partial charge in [0.2, 0.25) is 27.7 Å². The Morgan fingerprint density at radius 2 is 1.88 bits per heavy atom. The Kier molecular flexibility index (Phi) is 11.3. The van der Waals surface area contributed by atoms with E-state index < -0.39 is 104 Å². The van der Waals surface area contributed by atoms with E-state index in [9.17, 15) is 32.3 Å². The molecule has 0 bridgehead atoms. The molecule has 4 amide bonds. The first-order chi connectivity index (χ1) is 27.1. The molecule has 1 aromatic carbocycles. The van der Waals surface area contributed by atoms with Crippen LogP contribution in [-0.4, -0.2) is 106 Å². The number of aromatic nitrogens is 1. The highest BCUT2D eigenvalue weighted by Gasteiger charge is 2.72. The van der Waals surface area contributed by atoms with Crippen molar-refractivity contribution in [2.24, 2.45) is 17.8 Å². The van der Waals surface area contributed by atoms with Gasteiger partial charge in [0.1, 0.15) is 11.6 Å². The molecule has 3 fully saturated rings.